The topological polar surface area (TPSA) is 66.6 Å². The molecule has 0 aromatic carbocycles. The zero-order valence-corrected chi connectivity index (χ0v) is 7.72. The van der Waals surface area contributed by atoms with E-state index in [0.717, 1.165) is 19.3 Å². The zero-order chi connectivity index (χ0) is 8.27. The number of likely N-dealkylation sites (tertiary alicyclic amines) is 1. The molecule has 0 spiro atoms. The highest BCUT2D eigenvalue weighted by molar-refractivity contribution is 5.85. The van der Waals surface area contributed by atoms with Crippen LogP contribution in [-0.2, 0) is 0 Å². The van der Waals surface area contributed by atoms with Gasteiger partial charge in [-0.2, -0.15) is 0 Å². The lowest BCUT2D eigenvalue weighted by Crippen LogP contribution is -2.35. The molecule has 1 heterocycles. The number of nitrogens with zero attached hydrogens (tertiary/aromatic N) is 1. The van der Waals surface area contributed by atoms with Crippen molar-refractivity contribution in [2.24, 2.45) is 5.73 Å². The van der Waals surface area contributed by atoms with Crippen LogP contribution in [0.25, 0.3) is 0 Å². The lowest BCUT2D eigenvalue weighted by atomic mass is 10.1. The van der Waals surface area contributed by atoms with Gasteiger partial charge in [0.2, 0.25) is 0 Å². The van der Waals surface area contributed by atoms with Gasteiger partial charge in [0.25, 0.3) is 0 Å². The van der Waals surface area contributed by atoms with Crippen LogP contribution in [0.1, 0.15) is 19.3 Å². The smallest absolute Gasteiger partial charge is 0.407 e. The number of hydrogen-bond donors (Lipinski definition) is 2. The number of nitrogens with two attached hydrogens (primary N) is 1. The first-order chi connectivity index (χ1) is 5.25. The van der Waals surface area contributed by atoms with Crippen molar-refractivity contribution in [2.45, 2.75) is 25.3 Å². The second-order valence-electron chi connectivity index (χ2n) is 2.85. The predicted octanol–water partition coefficient (Wildman–Crippen LogP) is 0.899. The standard InChI is InChI=1S/C7H14N2O2.ClH/c8-4-3-6-2-1-5-9(6)7(10)11;/h6H,1-5,8H2,(H,10,11);1H. The Bertz CT molecular complexity index is 154. The van der Waals surface area contributed by atoms with Crippen LogP contribution in [0.4, 0.5) is 4.79 Å². The Morgan fingerprint density at radius 3 is 2.83 bits per heavy atom. The van der Waals surface area contributed by atoms with Crippen molar-refractivity contribution >= 4 is 18.5 Å². The quantitative estimate of drug-likeness (QED) is 0.687. The maximum atomic E-state index is 10.6. The van der Waals surface area contributed by atoms with Gasteiger partial charge in [0.1, 0.15) is 0 Å². The summed E-state index contributed by atoms with van der Waals surface area (Å²) >= 11 is 0. The summed E-state index contributed by atoms with van der Waals surface area (Å²) in [6, 6.07) is 0.178. The van der Waals surface area contributed by atoms with E-state index < -0.39 is 6.09 Å². The van der Waals surface area contributed by atoms with Gasteiger partial charge in [0.15, 0.2) is 0 Å². The van der Waals surface area contributed by atoms with Crippen molar-refractivity contribution in [3.05, 3.63) is 0 Å². The highest BCUT2D eigenvalue weighted by Crippen LogP contribution is 2.18. The van der Waals surface area contributed by atoms with E-state index in [2.05, 4.69) is 0 Å². The molecule has 0 aliphatic carbocycles. The zero-order valence-electron chi connectivity index (χ0n) is 6.90. The first-order valence-electron chi connectivity index (χ1n) is 3.95. The number of hydrogen-bond acceptors (Lipinski definition) is 2. The third-order valence-electron chi connectivity index (χ3n) is 2.12. The van der Waals surface area contributed by atoms with Crippen LogP contribution in [0.5, 0.6) is 0 Å². The third kappa shape index (κ3) is 2.53. The molecule has 1 amide bonds. The predicted molar refractivity (Wildman–Crippen MR) is 48.7 cm³/mol. The minimum Gasteiger partial charge on any atom is -0.465 e. The average molecular weight is 195 g/mol. The van der Waals surface area contributed by atoms with Crippen LogP contribution in [0.2, 0.25) is 0 Å². The third-order valence-corrected chi connectivity index (χ3v) is 2.12. The molecule has 1 aliphatic heterocycles. The largest absolute Gasteiger partial charge is 0.465 e. The van der Waals surface area contributed by atoms with E-state index in [0.29, 0.717) is 13.1 Å². The van der Waals surface area contributed by atoms with Gasteiger partial charge in [-0.25, -0.2) is 4.79 Å². The van der Waals surface area contributed by atoms with E-state index >= 15 is 0 Å². The van der Waals surface area contributed by atoms with Crippen LogP contribution in [0.15, 0.2) is 0 Å². The summed E-state index contributed by atoms with van der Waals surface area (Å²) in [5.74, 6) is 0. The summed E-state index contributed by atoms with van der Waals surface area (Å²) < 4.78 is 0. The molecule has 72 valence electrons. The van der Waals surface area contributed by atoms with Crippen LogP contribution in [0.3, 0.4) is 0 Å². The van der Waals surface area contributed by atoms with Crippen molar-refractivity contribution in [1.82, 2.24) is 4.90 Å². The van der Waals surface area contributed by atoms with Crippen molar-refractivity contribution in [2.75, 3.05) is 13.1 Å². The molecular weight excluding hydrogens is 180 g/mol. The molecule has 0 saturated carbocycles. The van der Waals surface area contributed by atoms with Gasteiger partial charge in [-0.15, -0.1) is 12.4 Å². The fourth-order valence-corrected chi connectivity index (χ4v) is 1.58. The summed E-state index contributed by atoms with van der Waals surface area (Å²) in [6.07, 6.45) is 1.95. The van der Waals surface area contributed by atoms with E-state index in [9.17, 15) is 4.79 Å². The van der Waals surface area contributed by atoms with E-state index in [1.54, 1.807) is 0 Å². The van der Waals surface area contributed by atoms with Gasteiger partial charge in [0.05, 0.1) is 0 Å². The number of carbonyl (C=O) groups is 1. The summed E-state index contributed by atoms with van der Waals surface area (Å²) in [7, 11) is 0. The maximum absolute atomic E-state index is 10.6. The molecule has 1 unspecified atom stereocenters. The molecule has 4 nitrogen and oxygen atoms in total. The Kier molecular flexibility index (Phi) is 5.01. The summed E-state index contributed by atoms with van der Waals surface area (Å²) in [5, 5.41) is 8.70. The minimum atomic E-state index is -0.805. The molecule has 1 atom stereocenters. The molecule has 3 N–H and O–H groups in total. The summed E-state index contributed by atoms with van der Waals surface area (Å²) in [6.45, 7) is 1.26. The fourth-order valence-electron chi connectivity index (χ4n) is 1.58. The summed E-state index contributed by atoms with van der Waals surface area (Å²) in [5.41, 5.74) is 5.35. The Balaban J connectivity index is 0.00000121. The van der Waals surface area contributed by atoms with Gasteiger partial charge >= 0.3 is 6.09 Å². The molecule has 0 aromatic heterocycles. The first-order valence-corrected chi connectivity index (χ1v) is 3.95. The Morgan fingerprint density at radius 2 is 2.33 bits per heavy atom. The normalized spacial score (nSPS) is 22.1. The van der Waals surface area contributed by atoms with Crippen LogP contribution < -0.4 is 5.73 Å². The van der Waals surface area contributed by atoms with Crippen LogP contribution in [-0.4, -0.2) is 35.2 Å². The molecule has 0 radical (unpaired) electrons. The second kappa shape index (κ2) is 5.22. The van der Waals surface area contributed by atoms with Gasteiger partial charge in [-0.3, -0.25) is 0 Å². The van der Waals surface area contributed by atoms with Gasteiger partial charge < -0.3 is 15.7 Å². The van der Waals surface area contributed by atoms with Crippen molar-refractivity contribution < 1.29 is 9.90 Å². The number of amides is 1. The van der Waals surface area contributed by atoms with Gasteiger partial charge in [-0.05, 0) is 25.8 Å². The molecule has 0 bridgehead atoms. The van der Waals surface area contributed by atoms with Crippen molar-refractivity contribution in [1.29, 1.82) is 0 Å². The number of carboxylic acid groups (broad SMARTS) is 1. The molecular formula is C7H15ClN2O2. The Hall–Kier alpha value is -0.480. The number of rotatable bonds is 2. The van der Waals surface area contributed by atoms with Crippen LogP contribution >= 0.6 is 12.4 Å². The summed E-state index contributed by atoms with van der Waals surface area (Å²) in [4.78, 5) is 12.1. The Morgan fingerprint density at radius 1 is 1.67 bits per heavy atom. The lowest BCUT2D eigenvalue weighted by Gasteiger charge is -2.20. The first kappa shape index (κ1) is 11.5. The van der Waals surface area contributed by atoms with Gasteiger partial charge in [-0.1, -0.05) is 0 Å². The Labute approximate surface area is 78.1 Å². The highest BCUT2D eigenvalue weighted by Gasteiger charge is 2.27. The minimum absolute atomic E-state index is 0. The molecule has 1 aliphatic rings. The highest BCUT2D eigenvalue weighted by atomic mass is 35.5. The van der Waals surface area contributed by atoms with E-state index in [-0.39, 0.29) is 18.4 Å². The van der Waals surface area contributed by atoms with Gasteiger partial charge in [0, 0.05) is 12.6 Å². The molecule has 1 saturated heterocycles. The molecule has 1 fully saturated rings. The van der Waals surface area contributed by atoms with E-state index in [4.69, 9.17) is 10.8 Å². The maximum Gasteiger partial charge on any atom is 0.407 e. The monoisotopic (exact) mass is 194 g/mol. The number of halogens is 1. The molecule has 0 aromatic rings. The van der Waals surface area contributed by atoms with Crippen molar-refractivity contribution in [3.8, 4) is 0 Å². The average Bonchev–Trinajstić information content (AvgIpc) is 2.36. The molecule has 1 rings (SSSR count). The van der Waals surface area contributed by atoms with E-state index in [1.807, 2.05) is 0 Å². The van der Waals surface area contributed by atoms with Crippen molar-refractivity contribution in [3.63, 3.8) is 0 Å². The lowest BCUT2D eigenvalue weighted by molar-refractivity contribution is 0.139. The second-order valence-corrected chi connectivity index (χ2v) is 2.85. The van der Waals surface area contributed by atoms with E-state index in [1.165, 1.54) is 4.90 Å². The fraction of sp³-hybridized carbons (Fsp3) is 0.857. The van der Waals surface area contributed by atoms with Crippen LogP contribution in [0, 0.1) is 0 Å². The molecule has 12 heavy (non-hydrogen) atoms. The SMILES string of the molecule is Cl.NCCC1CCCN1C(=O)O. The molecule has 5 heteroatoms.